The molecular weight excluding hydrogens is 298 g/mol. The van der Waals surface area contributed by atoms with Crippen molar-refractivity contribution in [2.45, 2.75) is 6.10 Å². The van der Waals surface area contributed by atoms with Gasteiger partial charge in [0.15, 0.2) is 6.10 Å². The molecule has 0 aliphatic heterocycles. The summed E-state index contributed by atoms with van der Waals surface area (Å²) in [7, 11) is 1.22. The number of aliphatic carboxylic acids is 1. The van der Waals surface area contributed by atoms with Crippen molar-refractivity contribution < 1.29 is 24.7 Å². The van der Waals surface area contributed by atoms with E-state index in [4.69, 9.17) is 9.84 Å². The van der Waals surface area contributed by atoms with Gasteiger partial charge in [-0.25, -0.2) is 4.79 Å². The van der Waals surface area contributed by atoms with E-state index in [2.05, 4.69) is 15.9 Å². The van der Waals surface area contributed by atoms with Crippen LogP contribution in [-0.2, 0) is 4.79 Å². The number of nitro benzene ring substituents is 1. The quantitative estimate of drug-likeness (QED) is 0.644. The van der Waals surface area contributed by atoms with Crippen molar-refractivity contribution in [2.24, 2.45) is 0 Å². The number of aliphatic hydroxyl groups is 1. The first-order chi connectivity index (χ1) is 7.90. The number of hydrogen-bond acceptors (Lipinski definition) is 5. The van der Waals surface area contributed by atoms with E-state index >= 15 is 0 Å². The highest BCUT2D eigenvalue weighted by Crippen LogP contribution is 2.39. The maximum Gasteiger partial charge on any atom is 0.337 e. The average molecular weight is 306 g/mol. The van der Waals surface area contributed by atoms with E-state index in [1.54, 1.807) is 0 Å². The van der Waals surface area contributed by atoms with E-state index < -0.39 is 22.7 Å². The molecule has 1 aromatic rings. The summed E-state index contributed by atoms with van der Waals surface area (Å²) < 4.78 is 5.18. The SMILES string of the molecule is COc1c(Br)ccc([N+](=O)[O-])c1C(O)C(=O)O. The molecule has 2 N–H and O–H groups in total. The number of methoxy groups -OCH3 is 1. The highest BCUT2D eigenvalue weighted by Gasteiger charge is 2.31. The van der Waals surface area contributed by atoms with Gasteiger partial charge in [-0.2, -0.15) is 0 Å². The van der Waals surface area contributed by atoms with Crippen molar-refractivity contribution in [2.75, 3.05) is 7.11 Å². The molecule has 1 rings (SSSR count). The molecule has 1 unspecified atom stereocenters. The second kappa shape index (κ2) is 5.11. The molecular formula is C9H8BrNO6. The third kappa shape index (κ3) is 2.53. The van der Waals surface area contributed by atoms with Crippen LogP contribution in [0.3, 0.4) is 0 Å². The Morgan fingerprint density at radius 2 is 2.18 bits per heavy atom. The molecule has 0 bridgehead atoms. The normalized spacial score (nSPS) is 11.9. The van der Waals surface area contributed by atoms with Crippen LogP contribution in [0.2, 0.25) is 0 Å². The molecule has 1 atom stereocenters. The fourth-order valence-corrected chi connectivity index (χ4v) is 1.82. The Morgan fingerprint density at radius 3 is 2.59 bits per heavy atom. The van der Waals surface area contributed by atoms with Crippen LogP contribution in [0.25, 0.3) is 0 Å². The lowest BCUT2D eigenvalue weighted by molar-refractivity contribution is -0.386. The Bertz CT molecular complexity index is 475. The van der Waals surface area contributed by atoms with Crippen LogP contribution in [0.1, 0.15) is 11.7 Å². The first-order valence-corrected chi connectivity index (χ1v) is 5.11. The Morgan fingerprint density at radius 1 is 1.59 bits per heavy atom. The number of ether oxygens (including phenoxy) is 1. The zero-order valence-corrected chi connectivity index (χ0v) is 10.2. The van der Waals surface area contributed by atoms with Crippen LogP contribution < -0.4 is 4.74 Å². The summed E-state index contributed by atoms with van der Waals surface area (Å²) in [6.45, 7) is 0. The van der Waals surface area contributed by atoms with Crippen LogP contribution in [0.5, 0.6) is 5.75 Å². The number of carboxylic acids is 1. The van der Waals surface area contributed by atoms with Crippen molar-refractivity contribution >= 4 is 27.6 Å². The molecule has 17 heavy (non-hydrogen) atoms. The maximum atomic E-state index is 10.8. The van der Waals surface area contributed by atoms with E-state index in [1.165, 1.54) is 13.2 Å². The number of hydrogen-bond donors (Lipinski definition) is 2. The molecule has 92 valence electrons. The van der Waals surface area contributed by atoms with E-state index in [-0.39, 0.29) is 11.3 Å². The van der Waals surface area contributed by atoms with Gasteiger partial charge < -0.3 is 14.9 Å². The summed E-state index contributed by atoms with van der Waals surface area (Å²) in [6, 6.07) is 2.43. The van der Waals surface area contributed by atoms with Crippen LogP contribution in [0.15, 0.2) is 16.6 Å². The Balaban J connectivity index is 3.55. The molecule has 0 fully saturated rings. The lowest BCUT2D eigenvalue weighted by Crippen LogP contribution is -2.14. The standard InChI is InChI=1S/C9H8BrNO6/c1-17-8-4(10)2-3-5(11(15)16)6(8)7(12)9(13)14/h2-3,7,12H,1H3,(H,13,14). The van der Waals surface area contributed by atoms with Crippen molar-refractivity contribution in [1.82, 2.24) is 0 Å². The van der Waals surface area contributed by atoms with Crippen molar-refractivity contribution in [3.63, 3.8) is 0 Å². The van der Waals surface area contributed by atoms with E-state index in [1.807, 2.05) is 0 Å². The summed E-state index contributed by atoms with van der Waals surface area (Å²) in [5.74, 6) is -1.67. The predicted octanol–water partition coefficient (Wildman–Crippen LogP) is 1.48. The van der Waals surface area contributed by atoms with Crippen molar-refractivity contribution in [3.8, 4) is 5.75 Å². The summed E-state index contributed by atoms with van der Waals surface area (Å²) >= 11 is 3.06. The van der Waals surface area contributed by atoms with Gasteiger partial charge in [0.25, 0.3) is 5.69 Å². The number of rotatable bonds is 4. The lowest BCUT2D eigenvalue weighted by Gasteiger charge is -2.12. The van der Waals surface area contributed by atoms with Gasteiger partial charge in [-0.3, -0.25) is 10.1 Å². The topological polar surface area (TPSA) is 110 Å². The molecule has 0 amide bonds. The van der Waals surface area contributed by atoms with Crippen LogP contribution in [-0.4, -0.2) is 28.2 Å². The van der Waals surface area contributed by atoms with Crippen LogP contribution in [0, 0.1) is 10.1 Å². The molecule has 7 nitrogen and oxygen atoms in total. The summed E-state index contributed by atoms with van der Waals surface area (Å²) in [5, 5.41) is 28.9. The van der Waals surface area contributed by atoms with Crippen LogP contribution in [0.4, 0.5) is 5.69 Å². The third-order valence-corrected chi connectivity index (χ3v) is 2.66. The Kier molecular flexibility index (Phi) is 4.02. The fraction of sp³-hybridized carbons (Fsp3) is 0.222. The number of carbonyl (C=O) groups is 1. The minimum Gasteiger partial charge on any atom is -0.495 e. The number of nitrogens with zero attached hydrogens (tertiary/aromatic N) is 1. The van der Waals surface area contributed by atoms with Gasteiger partial charge in [-0.1, -0.05) is 0 Å². The molecule has 0 saturated heterocycles. The first kappa shape index (κ1) is 13.4. The van der Waals surface area contributed by atoms with Gasteiger partial charge >= 0.3 is 5.97 Å². The van der Waals surface area contributed by atoms with Gasteiger partial charge in [0.2, 0.25) is 0 Å². The largest absolute Gasteiger partial charge is 0.495 e. The average Bonchev–Trinajstić information content (AvgIpc) is 2.26. The molecule has 0 spiro atoms. The van der Waals surface area contributed by atoms with Crippen molar-refractivity contribution in [3.05, 3.63) is 32.3 Å². The zero-order valence-electron chi connectivity index (χ0n) is 8.58. The lowest BCUT2D eigenvalue weighted by atomic mass is 10.1. The second-order valence-electron chi connectivity index (χ2n) is 3.01. The molecule has 0 radical (unpaired) electrons. The minimum atomic E-state index is -2.03. The number of carboxylic acid groups (broad SMARTS) is 1. The predicted molar refractivity (Wildman–Crippen MR) is 59.9 cm³/mol. The Labute approximate surface area is 104 Å². The number of nitro groups is 1. The molecule has 0 heterocycles. The number of aliphatic hydroxyl groups excluding tert-OH is 1. The summed E-state index contributed by atoms with van der Waals surface area (Å²) in [4.78, 5) is 20.7. The van der Waals surface area contributed by atoms with E-state index in [0.29, 0.717) is 4.47 Å². The number of benzene rings is 1. The van der Waals surface area contributed by atoms with Gasteiger partial charge in [0.05, 0.1) is 16.5 Å². The molecule has 0 aliphatic rings. The van der Waals surface area contributed by atoms with Gasteiger partial charge in [0.1, 0.15) is 11.3 Å². The highest BCUT2D eigenvalue weighted by atomic mass is 79.9. The van der Waals surface area contributed by atoms with Crippen LogP contribution >= 0.6 is 15.9 Å². The Hall–Kier alpha value is -1.67. The minimum absolute atomic E-state index is 0.0749. The molecule has 1 aromatic carbocycles. The zero-order chi connectivity index (χ0) is 13.2. The van der Waals surface area contributed by atoms with Gasteiger partial charge in [-0.05, 0) is 22.0 Å². The van der Waals surface area contributed by atoms with Crippen molar-refractivity contribution in [1.29, 1.82) is 0 Å². The van der Waals surface area contributed by atoms with Gasteiger partial charge in [-0.15, -0.1) is 0 Å². The molecule has 0 aliphatic carbocycles. The molecule has 0 saturated carbocycles. The van der Waals surface area contributed by atoms with Gasteiger partial charge in [0, 0.05) is 6.07 Å². The number of halogens is 1. The smallest absolute Gasteiger partial charge is 0.337 e. The highest BCUT2D eigenvalue weighted by molar-refractivity contribution is 9.10. The fourth-order valence-electron chi connectivity index (χ4n) is 1.32. The summed E-state index contributed by atoms with van der Waals surface area (Å²) in [6.07, 6.45) is -2.03. The third-order valence-electron chi connectivity index (χ3n) is 2.03. The molecule has 0 aromatic heterocycles. The van der Waals surface area contributed by atoms with E-state index in [9.17, 15) is 20.0 Å². The van der Waals surface area contributed by atoms with E-state index in [0.717, 1.165) is 6.07 Å². The first-order valence-electron chi connectivity index (χ1n) is 4.31. The monoisotopic (exact) mass is 305 g/mol. The molecule has 8 heteroatoms. The maximum absolute atomic E-state index is 10.8. The second-order valence-corrected chi connectivity index (χ2v) is 3.87. The summed E-state index contributed by atoms with van der Waals surface area (Å²) in [5.41, 5.74) is -0.903.